The zero-order valence-electron chi connectivity index (χ0n) is 16.5. The van der Waals surface area contributed by atoms with E-state index in [-0.39, 0.29) is 11.7 Å². The highest BCUT2D eigenvalue weighted by Gasteiger charge is 2.32. The number of phenols is 1. The Balaban J connectivity index is 0.000000307. The summed E-state index contributed by atoms with van der Waals surface area (Å²) in [6, 6.07) is 5.31. The molecule has 0 unspecified atom stereocenters. The number of aromatic hydroxyl groups is 1. The number of carbonyl (C=O) groups is 3. The smallest absolute Gasteiger partial charge is 0.327 e. The summed E-state index contributed by atoms with van der Waals surface area (Å²) in [5.74, 6) is -0.279. The molecule has 1 aromatic rings. The van der Waals surface area contributed by atoms with Gasteiger partial charge in [0, 0.05) is 12.7 Å². The zero-order valence-corrected chi connectivity index (χ0v) is 17.4. The number of carbonyl (C=O) groups excluding carboxylic acids is 2. The van der Waals surface area contributed by atoms with E-state index in [4.69, 9.17) is 20.7 Å². The molecule has 0 aliphatic carbocycles. The van der Waals surface area contributed by atoms with Crippen LogP contribution in [0.25, 0.3) is 0 Å². The summed E-state index contributed by atoms with van der Waals surface area (Å²) in [6.45, 7) is 6.80. The fourth-order valence-electron chi connectivity index (χ4n) is 2.30. The number of rotatable bonds is 4. The average molecular weight is 413 g/mol. The number of hydrogen-bond donors (Lipinski definition) is 3. The maximum atomic E-state index is 11.6. The number of hydrogen-bond acceptors (Lipinski definition) is 7. The first-order chi connectivity index (χ1) is 12.9. The highest BCUT2D eigenvalue weighted by Crippen LogP contribution is 2.20. The minimum absolute atomic E-state index is 0.164. The van der Waals surface area contributed by atoms with Crippen LogP contribution in [-0.2, 0) is 25.5 Å². The monoisotopic (exact) mass is 412 g/mol. The minimum atomic E-state index is -0.912. The van der Waals surface area contributed by atoms with Crippen LogP contribution in [0.4, 0.5) is 0 Å². The lowest BCUT2D eigenvalue weighted by molar-refractivity contribution is -0.156. The number of thioether (sulfide) groups is 1. The van der Waals surface area contributed by atoms with Crippen LogP contribution in [0.1, 0.15) is 33.3 Å². The van der Waals surface area contributed by atoms with Crippen molar-refractivity contribution in [1.82, 2.24) is 4.90 Å². The van der Waals surface area contributed by atoms with Crippen molar-refractivity contribution < 1.29 is 29.3 Å². The molecule has 2 atom stereocenters. The van der Waals surface area contributed by atoms with E-state index in [1.807, 2.05) is 0 Å². The van der Waals surface area contributed by atoms with Gasteiger partial charge in [-0.25, -0.2) is 4.79 Å². The number of amides is 1. The highest BCUT2D eigenvalue weighted by atomic mass is 32.2. The van der Waals surface area contributed by atoms with E-state index in [2.05, 4.69) is 0 Å². The lowest BCUT2D eigenvalue weighted by Crippen LogP contribution is -2.40. The second kappa shape index (κ2) is 10.3. The zero-order chi connectivity index (χ0) is 21.5. The van der Waals surface area contributed by atoms with Crippen LogP contribution in [0, 0.1) is 0 Å². The van der Waals surface area contributed by atoms with E-state index in [0.29, 0.717) is 18.1 Å². The molecule has 28 heavy (non-hydrogen) atoms. The minimum Gasteiger partial charge on any atom is -0.508 e. The van der Waals surface area contributed by atoms with Gasteiger partial charge in [-0.05, 0) is 44.9 Å². The standard InChI is InChI=1S/C13H19NO3.C6H9NO3S/c1-13(2,3)17-12(16)11(14)8-9-4-6-10(15)7-5-9;1-4(8)7-3-11-2-5(7)6(9)10/h4-7,11,15H,8,14H2,1-3H3;5H,2-3H2,1H3,(H,9,10)/t11-;5-/m01/s1. The van der Waals surface area contributed by atoms with Gasteiger partial charge in [-0.2, -0.15) is 0 Å². The number of benzene rings is 1. The Bertz CT molecular complexity index is 667. The molecule has 0 bridgehead atoms. The molecule has 2 rings (SSSR count). The first-order valence-corrected chi connectivity index (χ1v) is 9.90. The molecule has 9 heteroatoms. The number of nitrogens with zero attached hydrogens (tertiary/aromatic N) is 1. The van der Waals surface area contributed by atoms with Gasteiger partial charge in [0.05, 0.1) is 5.88 Å². The molecule has 0 spiro atoms. The summed E-state index contributed by atoms with van der Waals surface area (Å²) in [5, 5.41) is 17.8. The quantitative estimate of drug-likeness (QED) is 0.636. The fourth-order valence-corrected chi connectivity index (χ4v) is 3.51. The lowest BCUT2D eigenvalue weighted by atomic mass is 10.1. The Morgan fingerprint density at radius 2 is 1.86 bits per heavy atom. The Kier molecular flexibility index (Phi) is 8.77. The third kappa shape index (κ3) is 8.18. The molecule has 156 valence electrons. The van der Waals surface area contributed by atoms with Crippen LogP contribution in [-0.4, -0.2) is 62.3 Å². The van der Waals surface area contributed by atoms with Crippen molar-refractivity contribution in [3.63, 3.8) is 0 Å². The Morgan fingerprint density at radius 3 is 2.29 bits per heavy atom. The molecular formula is C19H28N2O6S. The van der Waals surface area contributed by atoms with Crippen molar-refractivity contribution in [3.05, 3.63) is 29.8 Å². The molecular weight excluding hydrogens is 384 g/mol. The van der Waals surface area contributed by atoms with Gasteiger partial charge in [0.25, 0.3) is 0 Å². The molecule has 1 aromatic carbocycles. The van der Waals surface area contributed by atoms with E-state index < -0.39 is 29.6 Å². The summed E-state index contributed by atoms with van der Waals surface area (Å²) in [7, 11) is 0. The van der Waals surface area contributed by atoms with E-state index in [1.54, 1.807) is 45.0 Å². The predicted molar refractivity (Wildman–Crippen MR) is 107 cm³/mol. The summed E-state index contributed by atoms with van der Waals surface area (Å²) in [4.78, 5) is 34.3. The Morgan fingerprint density at radius 1 is 1.29 bits per heavy atom. The van der Waals surface area contributed by atoms with Gasteiger partial charge < -0.3 is 25.6 Å². The van der Waals surface area contributed by atoms with Crippen LogP contribution >= 0.6 is 11.8 Å². The summed E-state index contributed by atoms with van der Waals surface area (Å²) >= 11 is 1.47. The highest BCUT2D eigenvalue weighted by molar-refractivity contribution is 7.99. The number of carboxylic acids is 1. The van der Waals surface area contributed by atoms with Crippen molar-refractivity contribution >= 4 is 29.6 Å². The van der Waals surface area contributed by atoms with Crippen LogP contribution < -0.4 is 5.73 Å². The molecule has 0 saturated carbocycles. The van der Waals surface area contributed by atoms with Crippen LogP contribution in [0.15, 0.2) is 24.3 Å². The summed E-state index contributed by atoms with van der Waals surface area (Å²) in [5.41, 5.74) is 6.12. The number of aliphatic carboxylic acids is 1. The van der Waals surface area contributed by atoms with Crippen LogP contribution in [0.5, 0.6) is 5.75 Å². The number of nitrogens with two attached hydrogens (primary N) is 1. The number of esters is 1. The molecule has 1 aliphatic heterocycles. The van der Waals surface area contributed by atoms with Gasteiger partial charge in [0.2, 0.25) is 5.91 Å². The molecule has 1 fully saturated rings. The van der Waals surface area contributed by atoms with Gasteiger partial charge >= 0.3 is 11.9 Å². The second-order valence-corrected chi connectivity index (χ2v) is 8.35. The second-order valence-electron chi connectivity index (χ2n) is 7.35. The van der Waals surface area contributed by atoms with Crippen LogP contribution in [0.2, 0.25) is 0 Å². The van der Waals surface area contributed by atoms with Gasteiger partial charge in [-0.15, -0.1) is 11.8 Å². The maximum Gasteiger partial charge on any atom is 0.327 e. The van der Waals surface area contributed by atoms with Crippen LogP contribution in [0.3, 0.4) is 0 Å². The van der Waals surface area contributed by atoms with E-state index >= 15 is 0 Å². The lowest BCUT2D eigenvalue weighted by Gasteiger charge is -2.22. The first kappa shape index (κ1) is 23.8. The molecule has 0 aromatic heterocycles. The Hall–Kier alpha value is -2.26. The third-order valence-electron chi connectivity index (χ3n) is 3.67. The van der Waals surface area contributed by atoms with Gasteiger partial charge in [-0.3, -0.25) is 9.59 Å². The third-order valence-corrected chi connectivity index (χ3v) is 4.69. The molecule has 1 saturated heterocycles. The molecule has 8 nitrogen and oxygen atoms in total. The van der Waals surface area contributed by atoms with Crippen molar-refractivity contribution in [3.8, 4) is 5.75 Å². The van der Waals surface area contributed by atoms with E-state index in [9.17, 15) is 14.4 Å². The predicted octanol–water partition coefficient (Wildman–Crippen LogP) is 1.60. The first-order valence-electron chi connectivity index (χ1n) is 8.75. The Labute approximate surface area is 169 Å². The molecule has 1 aliphatic rings. The molecule has 4 N–H and O–H groups in total. The number of ether oxygens (including phenoxy) is 1. The normalized spacial score (nSPS) is 17.3. The summed E-state index contributed by atoms with van der Waals surface area (Å²) in [6.07, 6.45) is 0.398. The molecule has 1 amide bonds. The van der Waals surface area contributed by atoms with E-state index in [0.717, 1.165) is 5.56 Å². The van der Waals surface area contributed by atoms with E-state index in [1.165, 1.54) is 23.6 Å². The average Bonchev–Trinajstić information content (AvgIpc) is 3.06. The van der Waals surface area contributed by atoms with Gasteiger partial charge in [-0.1, -0.05) is 12.1 Å². The SMILES string of the molecule is CC(=O)N1CSC[C@@H]1C(=O)O.CC(C)(C)OC(=O)[C@@H](N)Cc1ccc(O)cc1. The van der Waals surface area contributed by atoms with Crippen molar-refractivity contribution in [2.45, 2.75) is 51.8 Å². The maximum absolute atomic E-state index is 11.6. The fraction of sp³-hybridized carbons (Fsp3) is 0.526. The van der Waals surface area contributed by atoms with Crippen molar-refractivity contribution in [2.75, 3.05) is 11.6 Å². The van der Waals surface area contributed by atoms with Crippen molar-refractivity contribution in [1.29, 1.82) is 0 Å². The summed E-state index contributed by atoms with van der Waals surface area (Å²) < 4.78 is 5.18. The number of carboxylic acid groups (broad SMARTS) is 1. The van der Waals surface area contributed by atoms with Gasteiger partial charge in [0.1, 0.15) is 23.4 Å². The number of phenolic OH excluding ortho intramolecular Hbond substituents is 1. The molecule has 0 radical (unpaired) electrons. The largest absolute Gasteiger partial charge is 0.508 e. The van der Waals surface area contributed by atoms with Crippen molar-refractivity contribution in [2.24, 2.45) is 5.73 Å². The topological polar surface area (TPSA) is 130 Å². The van der Waals surface area contributed by atoms with Gasteiger partial charge in [0.15, 0.2) is 0 Å². The molecule has 1 heterocycles.